The number of halogens is 1. The fourth-order valence-electron chi connectivity index (χ4n) is 4.16. The Balaban J connectivity index is 0.00000261. The first-order valence-electron chi connectivity index (χ1n) is 10.6. The smallest absolute Gasteiger partial charge is 0.193 e. The number of likely N-dealkylation sites (tertiary alicyclic amines) is 2. The molecule has 5 heteroatoms. The number of hydrogen-bond acceptors (Lipinski definition) is 2. The molecule has 27 heavy (non-hydrogen) atoms. The maximum absolute atomic E-state index is 4.92. The molecule has 0 radical (unpaired) electrons. The summed E-state index contributed by atoms with van der Waals surface area (Å²) in [6.45, 7) is 12.4. The minimum absolute atomic E-state index is 0. The number of aliphatic imine (C=N–C) groups is 1. The summed E-state index contributed by atoms with van der Waals surface area (Å²) in [5, 5.41) is 3.51. The molecule has 0 spiro atoms. The van der Waals surface area contributed by atoms with Gasteiger partial charge in [0.1, 0.15) is 0 Å². The van der Waals surface area contributed by atoms with Gasteiger partial charge >= 0.3 is 0 Å². The van der Waals surface area contributed by atoms with Crippen LogP contribution in [0.2, 0.25) is 0 Å². The normalized spacial score (nSPS) is 20.7. The van der Waals surface area contributed by atoms with E-state index in [9.17, 15) is 0 Å². The van der Waals surface area contributed by atoms with E-state index >= 15 is 0 Å². The minimum Gasteiger partial charge on any atom is -0.357 e. The van der Waals surface area contributed by atoms with Crippen LogP contribution in [0.3, 0.4) is 0 Å². The van der Waals surface area contributed by atoms with E-state index in [-0.39, 0.29) is 24.0 Å². The Labute approximate surface area is 182 Å². The maximum atomic E-state index is 4.92. The molecule has 0 aromatic heterocycles. The molecular weight excluding hydrogens is 447 g/mol. The van der Waals surface area contributed by atoms with Crippen LogP contribution in [0.15, 0.2) is 29.3 Å². The van der Waals surface area contributed by atoms with Crippen LogP contribution < -0.4 is 5.32 Å². The van der Waals surface area contributed by atoms with Crippen molar-refractivity contribution in [3.8, 4) is 0 Å². The standard InChI is InChI=1S/C22H36N4.HI/c1-3-19-7-9-20(10-8-19)11-13-24-22(23-4-2)26-16-12-21(18-26)17-25-14-5-6-15-25;/h7-10,21H,3-6,11-18H2,1-2H3,(H,23,24);1H. The Morgan fingerprint density at radius 2 is 1.78 bits per heavy atom. The van der Waals surface area contributed by atoms with E-state index < -0.39 is 0 Å². The highest BCUT2D eigenvalue weighted by molar-refractivity contribution is 14.0. The van der Waals surface area contributed by atoms with Crippen LogP contribution in [0.4, 0.5) is 0 Å². The molecule has 2 aliphatic heterocycles. The largest absolute Gasteiger partial charge is 0.357 e. The first-order valence-corrected chi connectivity index (χ1v) is 10.6. The molecule has 4 nitrogen and oxygen atoms in total. The summed E-state index contributed by atoms with van der Waals surface area (Å²) in [6, 6.07) is 8.99. The molecule has 3 rings (SSSR count). The van der Waals surface area contributed by atoms with Gasteiger partial charge in [0.15, 0.2) is 5.96 Å². The third-order valence-electron chi connectivity index (χ3n) is 5.73. The van der Waals surface area contributed by atoms with Gasteiger partial charge in [-0.05, 0) is 69.2 Å². The van der Waals surface area contributed by atoms with Gasteiger partial charge in [0, 0.05) is 32.7 Å². The molecule has 2 fully saturated rings. The van der Waals surface area contributed by atoms with Crippen molar-refractivity contribution >= 4 is 29.9 Å². The molecule has 0 amide bonds. The molecule has 2 aliphatic rings. The lowest BCUT2D eigenvalue weighted by Crippen LogP contribution is -2.41. The van der Waals surface area contributed by atoms with Crippen molar-refractivity contribution in [1.29, 1.82) is 0 Å². The summed E-state index contributed by atoms with van der Waals surface area (Å²) >= 11 is 0. The van der Waals surface area contributed by atoms with Gasteiger partial charge in [0.05, 0.1) is 0 Å². The lowest BCUT2D eigenvalue weighted by atomic mass is 10.1. The molecular formula is C22H37IN4. The maximum Gasteiger partial charge on any atom is 0.193 e. The van der Waals surface area contributed by atoms with Crippen molar-refractivity contribution in [1.82, 2.24) is 15.1 Å². The second-order valence-electron chi connectivity index (χ2n) is 7.76. The molecule has 0 aliphatic carbocycles. The van der Waals surface area contributed by atoms with Crippen molar-refractivity contribution in [2.45, 2.75) is 46.0 Å². The van der Waals surface area contributed by atoms with Gasteiger partial charge in [-0.25, -0.2) is 0 Å². The number of rotatable bonds is 7. The van der Waals surface area contributed by atoms with Gasteiger partial charge in [-0.1, -0.05) is 31.2 Å². The summed E-state index contributed by atoms with van der Waals surface area (Å²) in [4.78, 5) is 10.0. The second kappa shape index (κ2) is 11.9. The number of benzene rings is 1. The van der Waals surface area contributed by atoms with Crippen molar-refractivity contribution in [2.75, 3.05) is 45.8 Å². The topological polar surface area (TPSA) is 30.9 Å². The minimum atomic E-state index is 0. The molecule has 0 bridgehead atoms. The van der Waals surface area contributed by atoms with Crippen LogP contribution in [-0.2, 0) is 12.8 Å². The van der Waals surface area contributed by atoms with Crippen molar-refractivity contribution in [3.05, 3.63) is 35.4 Å². The van der Waals surface area contributed by atoms with E-state index in [0.29, 0.717) is 0 Å². The first-order chi connectivity index (χ1) is 12.8. The highest BCUT2D eigenvalue weighted by Gasteiger charge is 2.27. The summed E-state index contributed by atoms with van der Waals surface area (Å²) in [7, 11) is 0. The Kier molecular flexibility index (Phi) is 9.90. The van der Waals surface area contributed by atoms with Gasteiger partial charge in [-0.3, -0.25) is 4.99 Å². The van der Waals surface area contributed by atoms with E-state index in [1.54, 1.807) is 0 Å². The van der Waals surface area contributed by atoms with Crippen molar-refractivity contribution < 1.29 is 0 Å². The molecule has 2 heterocycles. The second-order valence-corrected chi connectivity index (χ2v) is 7.76. The SMILES string of the molecule is CCNC(=NCCc1ccc(CC)cc1)N1CCC(CN2CCCC2)C1.I. The predicted octanol–water partition coefficient (Wildman–Crippen LogP) is 3.79. The van der Waals surface area contributed by atoms with Crippen LogP contribution in [0, 0.1) is 5.92 Å². The molecule has 1 atom stereocenters. The van der Waals surface area contributed by atoms with E-state index in [2.05, 4.69) is 53.2 Å². The van der Waals surface area contributed by atoms with Crippen LogP contribution in [0.1, 0.15) is 44.2 Å². The molecule has 0 saturated carbocycles. The van der Waals surface area contributed by atoms with Crippen LogP contribution >= 0.6 is 24.0 Å². The lowest BCUT2D eigenvalue weighted by Gasteiger charge is -2.23. The number of nitrogens with zero attached hydrogens (tertiary/aromatic N) is 3. The monoisotopic (exact) mass is 484 g/mol. The van der Waals surface area contributed by atoms with Crippen LogP contribution in [0.25, 0.3) is 0 Å². The predicted molar refractivity (Wildman–Crippen MR) is 126 cm³/mol. The van der Waals surface area contributed by atoms with Gasteiger partial charge in [-0.15, -0.1) is 24.0 Å². The van der Waals surface area contributed by atoms with Crippen molar-refractivity contribution in [2.24, 2.45) is 10.9 Å². The molecule has 2 saturated heterocycles. The number of nitrogens with one attached hydrogen (secondary N) is 1. The lowest BCUT2D eigenvalue weighted by molar-refractivity contribution is 0.281. The molecule has 1 aromatic rings. The Hall–Kier alpha value is -0.820. The van der Waals surface area contributed by atoms with E-state index in [4.69, 9.17) is 4.99 Å². The van der Waals surface area contributed by atoms with E-state index in [1.165, 1.54) is 50.0 Å². The average molecular weight is 484 g/mol. The first kappa shape index (κ1) is 22.5. The number of hydrogen-bond donors (Lipinski definition) is 1. The highest BCUT2D eigenvalue weighted by atomic mass is 127. The summed E-state index contributed by atoms with van der Waals surface area (Å²) in [5.41, 5.74) is 2.79. The Morgan fingerprint density at radius 1 is 1.07 bits per heavy atom. The zero-order valence-corrected chi connectivity index (χ0v) is 19.5. The molecule has 1 unspecified atom stereocenters. The van der Waals surface area contributed by atoms with Gasteiger partial charge in [0.2, 0.25) is 0 Å². The van der Waals surface area contributed by atoms with E-state index in [0.717, 1.165) is 50.9 Å². The number of guanidine groups is 1. The van der Waals surface area contributed by atoms with Crippen LogP contribution in [0.5, 0.6) is 0 Å². The molecule has 1 N–H and O–H groups in total. The van der Waals surface area contributed by atoms with Crippen molar-refractivity contribution in [3.63, 3.8) is 0 Å². The summed E-state index contributed by atoms with van der Waals surface area (Å²) in [5.74, 6) is 1.92. The van der Waals surface area contributed by atoms with Gasteiger partial charge < -0.3 is 15.1 Å². The molecule has 1 aromatic carbocycles. The zero-order chi connectivity index (χ0) is 18.2. The zero-order valence-electron chi connectivity index (χ0n) is 17.1. The fourth-order valence-corrected chi connectivity index (χ4v) is 4.16. The average Bonchev–Trinajstić information content (AvgIpc) is 3.34. The molecule has 152 valence electrons. The third kappa shape index (κ3) is 6.93. The fraction of sp³-hybridized carbons (Fsp3) is 0.682. The quantitative estimate of drug-likeness (QED) is 0.363. The van der Waals surface area contributed by atoms with Gasteiger partial charge in [0.25, 0.3) is 0 Å². The summed E-state index contributed by atoms with van der Waals surface area (Å²) < 4.78 is 0. The van der Waals surface area contributed by atoms with E-state index in [1.807, 2.05) is 0 Å². The van der Waals surface area contributed by atoms with Gasteiger partial charge in [-0.2, -0.15) is 0 Å². The Bertz CT molecular complexity index is 566. The van der Waals surface area contributed by atoms with Crippen LogP contribution in [-0.4, -0.2) is 61.6 Å². The highest BCUT2D eigenvalue weighted by Crippen LogP contribution is 2.20. The number of aryl methyl sites for hydroxylation is 1. The third-order valence-corrected chi connectivity index (χ3v) is 5.73. The summed E-state index contributed by atoms with van der Waals surface area (Å²) in [6.07, 6.45) is 6.21. The Morgan fingerprint density at radius 3 is 2.44 bits per heavy atom.